The molecule has 5 nitrogen and oxygen atoms in total. The summed E-state index contributed by atoms with van der Waals surface area (Å²) < 4.78 is 27.3. The minimum Gasteiger partial charge on any atom is -0.310 e. The molecule has 0 bridgehead atoms. The molecule has 1 aromatic heterocycles. The van der Waals surface area contributed by atoms with Crippen LogP contribution in [-0.2, 0) is 10.5 Å². The zero-order valence-corrected chi connectivity index (χ0v) is 16.3. The average Bonchev–Trinajstić information content (AvgIpc) is 2.65. The molecule has 4 rings (SSSR count). The van der Waals surface area contributed by atoms with Crippen molar-refractivity contribution in [3.8, 4) is 0 Å². The first-order valence-electron chi connectivity index (χ1n) is 8.98. The number of nitrogens with zero attached hydrogens (tertiary/aromatic N) is 1. The fraction of sp³-hybridized carbons (Fsp3) is 0.190. The molecule has 0 saturated heterocycles. The number of hydrogen-bond donors (Lipinski definition) is 2. The molecule has 3 aromatic rings. The number of thioether (sulfide) groups is 1. The summed E-state index contributed by atoms with van der Waals surface area (Å²) >= 11 is 1.34. The maximum Gasteiger partial charge on any atom is 0.257 e. The van der Waals surface area contributed by atoms with Crippen LogP contribution in [0.15, 0.2) is 52.4 Å². The van der Waals surface area contributed by atoms with E-state index in [2.05, 4.69) is 15.3 Å². The van der Waals surface area contributed by atoms with E-state index in [1.165, 1.54) is 11.8 Å². The maximum absolute atomic E-state index is 13.7. The number of anilines is 1. The first-order valence-corrected chi connectivity index (χ1v) is 9.96. The Hall–Kier alpha value is -3.00. The molecule has 0 saturated carbocycles. The van der Waals surface area contributed by atoms with Crippen molar-refractivity contribution in [2.75, 3.05) is 5.32 Å². The second kappa shape index (κ2) is 7.79. The van der Waals surface area contributed by atoms with Gasteiger partial charge in [-0.1, -0.05) is 36.0 Å². The second-order valence-corrected chi connectivity index (χ2v) is 7.82. The molecule has 2 N–H and O–H groups in total. The van der Waals surface area contributed by atoms with Crippen LogP contribution in [0.5, 0.6) is 0 Å². The third-order valence-electron chi connectivity index (χ3n) is 4.84. The number of hydrogen-bond acceptors (Lipinski definition) is 4. The van der Waals surface area contributed by atoms with E-state index in [1.807, 2.05) is 31.2 Å². The smallest absolute Gasteiger partial charge is 0.257 e. The highest BCUT2D eigenvalue weighted by atomic mass is 32.2. The van der Waals surface area contributed by atoms with E-state index in [4.69, 9.17) is 0 Å². The lowest BCUT2D eigenvalue weighted by Crippen LogP contribution is -2.31. The third kappa shape index (κ3) is 4.07. The third-order valence-corrected chi connectivity index (χ3v) is 5.76. The molecule has 2 heterocycles. The van der Waals surface area contributed by atoms with E-state index in [0.717, 1.165) is 29.3 Å². The molecule has 148 valence electrons. The van der Waals surface area contributed by atoms with Crippen LogP contribution in [0.1, 0.15) is 34.6 Å². The van der Waals surface area contributed by atoms with Gasteiger partial charge in [-0.15, -0.1) is 0 Å². The molecule has 0 unspecified atom stereocenters. The maximum atomic E-state index is 13.7. The summed E-state index contributed by atoms with van der Waals surface area (Å²) in [6.07, 6.45) is -0.0870. The molecule has 1 amide bonds. The summed E-state index contributed by atoms with van der Waals surface area (Å²) in [5, 5.41) is 2.97. The van der Waals surface area contributed by atoms with Gasteiger partial charge < -0.3 is 10.3 Å². The number of nitrogens with one attached hydrogen (secondary N) is 2. The quantitative estimate of drug-likeness (QED) is 0.498. The average molecular weight is 413 g/mol. The summed E-state index contributed by atoms with van der Waals surface area (Å²) in [5.74, 6) is -1.92. The van der Waals surface area contributed by atoms with Crippen LogP contribution in [0.25, 0.3) is 0 Å². The van der Waals surface area contributed by atoms with Gasteiger partial charge in [0.15, 0.2) is 5.16 Å². The minimum absolute atomic E-state index is 0.0870. The number of amides is 1. The van der Waals surface area contributed by atoms with Crippen molar-refractivity contribution in [3.05, 3.63) is 86.7 Å². The van der Waals surface area contributed by atoms with Crippen molar-refractivity contribution in [2.24, 2.45) is 0 Å². The number of H-pyrrole nitrogens is 1. The SMILES string of the molecule is Cc1ccccc1CSc1nc2c(c(=O)[nH]1)[C@@H](c1cc(F)cc(F)c1)CC(=O)N2. The van der Waals surface area contributed by atoms with Crippen molar-refractivity contribution >= 4 is 23.5 Å². The number of carbonyl (C=O) groups excluding carboxylic acids is 1. The van der Waals surface area contributed by atoms with E-state index in [0.29, 0.717) is 10.9 Å². The van der Waals surface area contributed by atoms with Crippen molar-refractivity contribution in [3.63, 3.8) is 0 Å². The highest BCUT2D eigenvalue weighted by Gasteiger charge is 2.31. The normalized spacial score (nSPS) is 15.7. The Morgan fingerprint density at radius 1 is 1.14 bits per heavy atom. The lowest BCUT2D eigenvalue weighted by Gasteiger charge is -2.24. The standard InChI is InChI=1S/C21H17F2N3O2S/c1-11-4-2-3-5-12(11)10-29-21-25-19-18(20(28)26-21)16(9-17(27)24-19)13-6-14(22)8-15(23)7-13/h2-8,16H,9-10H2,1H3,(H2,24,25,26,27,28)/t16-/m1/s1. The summed E-state index contributed by atoms with van der Waals surface area (Å²) in [6.45, 7) is 2.00. The molecule has 29 heavy (non-hydrogen) atoms. The molecule has 1 aliphatic heterocycles. The van der Waals surface area contributed by atoms with Crippen molar-refractivity contribution in [2.45, 2.75) is 30.2 Å². The molecule has 1 atom stereocenters. The summed E-state index contributed by atoms with van der Waals surface area (Å²) in [6, 6.07) is 10.9. The Labute approximate surface area is 169 Å². The molecule has 0 aliphatic carbocycles. The molecular formula is C21H17F2N3O2S. The van der Waals surface area contributed by atoms with Crippen LogP contribution >= 0.6 is 11.8 Å². The van der Waals surface area contributed by atoms with Crippen LogP contribution in [0.4, 0.5) is 14.6 Å². The van der Waals surface area contributed by atoms with Gasteiger partial charge >= 0.3 is 0 Å². The molecule has 0 fully saturated rings. The van der Waals surface area contributed by atoms with E-state index in [9.17, 15) is 18.4 Å². The van der Waals surface area contributed by atoms with Crippen LogP contribution in [-0.4, -0.2) is 15.9 Å². The lowest BCUT2D eigenvalue weighted by atomic mass is 9.87. The minimum atomic E-state index is -0.768. The fourth-order valence-corrected chi connectivity index (χ4v) is 4.34. The number of aromatic nitrogens is 2. The molecule has 0 spiro atoms. The predicted molar refractivity (Wildman–Crippen MR) is 107 cm³/mol. The van der Waals surface area contributed by atoms with Crippen LogP contribution < -0.4 is 10.9 Å². The molecule has 8 heteroatoms. The lowest BCUT2D eigenvalue weighted by molar-refractivity contribution is -0.116. The van der Waals surface area contributed by atoms with Gasteiger partial charge in [0, 0.05) is 24.2 Å². The van der Waals surface area contributed by atoms with Crippen LogP contribution in [0.3, 0.4) is 0 Å². The monoisotopic (exact) mass is 413 g/mol. The largest absolute Gasteiger partial charge is 0.310 e. The number of carbonyl (C=O) groups is 1. The number of aromatic amines is 1. The van der Waals surface area contributed by atoms with Gasteiger partial charge in [-0.2, -0.15) is 0 Å². The van der Waals surface area contributed by atoms with Crippen LogP contribution in [0, 0.1) is 18.6 Å². The highest BCUT2D eigenvalue weighted by molar-refractivity contribution is 7.98. The number of fused-ring (bicyclic) bond motifs is 1. The van der Waals surface area contributed by atoms with Crippen molar-refractivity contribution < 1.29 is 13.6 Å². The Kier molecular flexibility index (Phi) is 5.19. The van der Waals surface area contributed by atoms with Crippen molar-refractivity contribution in [1.29, 1.82) is 0 Å². The van der Waals surface area contributed by atoms with Crippen LogP contribution in [0.2, 0.25) is 0 Å². The Morgan fingerprint density at radius 2 is 1.86 bits per heavy atom. The van der Waals surface area contributed by atoms with Gasteiger partial charge in [0.2, 0.25) is 5.91 Å². The van der Waals surface area contributed by atoms with E-state index < -0.39 is 23.1 Å². The summed E-state index contributed by atoms with van der Waals surface area (Å²) in [7, 11) is 0. The van der Waals surface area contributed by atoms with Gasteiger partial charge in [0.05, 0.1) is 5.56 Å². The second-order valence-electron chi connectivity index (χ2n) is 6.86. The summed E-state index contributed by atoms with van der Waals surface area (Å²) in [4.78, 5) is 32.0. The van der Waals surface area contributed by atoms with Gasteiger partial charge in [-0.05, 0) is 35.7 Å². The topological polar surface area (TPSA) is 74.8 Å². The Bertz CT molecular complexity index is 1140. The zero-order valence-electron chi connectivity index (χ0n) is 15.5. The van der Waals surface area contributed by atoms with Gasteiger partial charge in [0.1, 0.15) is 17.5 Å². The number of aryl methyl sites for hydroxylation is 1. The molecular weight excluding hydrogens is 396 g/mol. The number of benzene rings is 2. The van der Waals surface area contributed by atoms with Gasteiger partial charge in [-0.3, -0.25) is 9.59 Å². The van der Waals surface area contributed by atoms with Gasteiger partial charge in [0.25, 0.3) is 5.56 Å². The highest BCUT2D eigenvalue weighted by Crippen LogP contribution is 2.35. The Balaban J connectivity index is 1.69. The predicted octanol–water partition coefficient (Wildman–Crippen LogP) is 4.12. The first kappa shape index (κ1) is 19.3. The first-order chi connectivity index (χ1) is 13.9. The molecule has 1 aliphatic rings. The number of rotatable bonds is 4. The number of halogens is 2. The summed E-state index contributed by atoms with van der Waals surface area (Å²) in [5.41, 5.74) is 2.23. The fourth-order valence-electron chi connectivity index (χ4n) is 3.40. The molecule has 2 aromatic carbocycles. The van der Waals surface area contributed by atoms with E-state index in [-0.39, 0.29) is 29.3 Å². The van der Waals surface area contributed by atoms with Gasteiger partial charge in [-0.25, -0.2) is 13.8 Å². The van der Waals surface area contributed by atoms with E-state index >= 15 is 0 Å². The molecule has 0 radical (unpaired) electrons. The van der Waals surface area contributed by atoms with Crippen molar-refractivity contribution in [1.82, 2.24) is 9.97 Å². The Morgan fingerprint density at radius 3 is 2.59 bits per heavy atom. The zero-order chi connectivity index (χ0) is 20.5. The van der Waals surface area contributed by atoms with E-state index in [1.54, 1.807) is 0 Å².